The van der Waals surface area contributed by atoms with E-state index in [-0.39, 0.29) is 0 Å². The second-order valence-corrected chi connectivity index (χ2v) is 5.99. The molecule has 0 spiro atoms. The van der Waals surface area contributed by atoms with Crippen molar-refractivity contribution in [3.8, 4) is 22.6 Å². The number of hydrogen-bond acceptors (Lipinski definition) is 2. The summed E-state index contributed by atoms with van der Waals surface area (Å²) < 4.78 is 6.88. The summed E-state index contributed by atoms with van der Waals surface area (Å²) in [5.74, 6) is 0.656. The molecule has 1 heterocycles. The standard InChI is InChI=1S/C19H12BrNO/c20-16-11-9-14(10-12-16)13-5-7-15(8-6-13)19-21-17-3-1-2-4-18(17)22-19/h1-12H. The largest absolute Gasteiger partial charge is 0.436 e. The Hall–Kier alpha value is -2.39. The van der Waals surface area contributed by atoms with E-state index >= 15 is 0 Å². The van der Waals surface area contributed by atoms with Crippen LogP contribution in [-0.2, 0) is 0 Å². The lowest BCUT2D eigenvalue weighted by Crippen LogP contribution is -1.80. The van der Waals surface area contributed by atoms with E-state index in [9.17, 15) is 0 Å². The van der Waals surface area contributed by atoms with E-state index in [2.05, 4.69) is 45.2 Å². The van der Waals surface area contributed by atoms with Crippen LogP contribution in [-0.4, -0.2) is 4.98 Å². The first-order chi connectivity index (χ1) is 10.8. The Morgan fingerprint density at radius 1 is 0.682 bits per heavy atom. The van der Waals surface area contributed by atoms with Crippen molar-refractivity contribution in [3.63, 3.8) is 0 Å². The molecule has 1 aromatic heterocycles. The molecule has 0 atom stereocenters. The highest BCUT2D eigenvalue weighted by Crippen LogP contribution is 2.27. The average Bonchev–Trinajstić information content (AvgIpc) is 3.00. The first-order valence-electron chi connectivity index (χ1n) is 7.01. The third-order valence-electron chi connectivity index (χ3n) is 3.60. The van der Waals surface area contributed by atoms with Crippen molar-refractivity contribution in [1.29, 1.82) is 0 Å². The molecule has 3 heteroatoms. The molecule has 0 N–H and O–H groups in total. The van der Waals surface area contributed by atoms with Crippen molar-refractivity contribution >= 4 is 27.0 Å². The van der Waals surface area contributed by atoms with Gasteiger partial charge in [0.25, 0.3) is 0 Å². The summed E-state index contributed by atoms with van der Waals surface area (Å²) in [6.45, 7) is 0. The smallest absolute Gasteiger partial charge is 0.227 e. The highest BCUT2D eigenvalue weighted by molar-refractivity contribution is 9.10. The van der Waals surface area contributed by atoms with Gasteiger partial charge in [0.1, 0.15) is 5.52 Å². The van der Waals surface area contributed by atoms with Crippen LogP contribution in [0.25, 0.3) is 33.7 Å². The van der Waals surface area contributed by atoms with Gasteiger partial charge in [-0.15, -0.1) is 0 Å². The van der Waals surface area contributed by atoms with Crippen LogP contribution < -0.4 is 0 Å². The molecule has 4 rings (SSSR count). The summed E-state index contributed by atoms with van der Waals surface area (Å²) in [6, 6.07) is 24.4. The summed E-state index contributed by atoms with van der Waals surface area (Å²) in [6.07, 6.45) is 0. The molecule has 0 unspecified atom stereocenters. The van der Waals surface area contributed by atoms with Crippen LogP contribution >= 0.6 is 15.9 Å². The lowest BCUT2D eigenvalue weighted by atomic mass is 10.0. The fourth-order valence-electron chi connectivity index (χ4n) is 2.44. The molecule has 0 radical (unpaired) electrons. The topological polar surface area (TPSA) is 26.0 Å². The second kappa shape index (κ2) is 5.43. The minimum atomic E-state index is 0.656. The van der Waals surface area contributed by atoms with Crippen LogP contribution in [0.15, 0.2) is 81.7 Å². The Morgan fingerprint density at radius 2 is 1.27 bits per heavy atom. The van der Waals surface area contributed by atoms with Gasteiger partial charge >= 0.3 is 0 Å². The van der Waals surface area contributed by atoms with Crippen molar-refractivity contribution in [2.24, 2.45) is 0 Å². The number of aromatic nitrogens is 1. The number of fused-ring (bicyclic) bond motifs is 1. The summed E-state index contributed by atoms with van der Waals surface area (Å²) in [4.78, 5) is 4.52. The van der Waals surface area contributed by atoms with Gasteiger partial charge in [-0.1, -0.05) is 52.3 Å². The fourth-order valence-corrected chi connectivity index (χ4v) is 2.71. The molecule has 3 aromatic carbocycles. The van der Waals surface area contributed by atoms with E-state index in [1.165, 1.54) is 11.1 Å². The third-order valence-corrected chi connectivity index (χ3v) is 4.13. The van der Waals surface area contributed by atoms with Crippen LogP contribution in [0.5, 0.6) is 0 Å². The molecule has 0 saturated heterocycles. The van der Waals surface area contributed by atoms with E-state index in [1.54, 1.807) is 0 Å². The molecule has 0 bridgehead atoms. The van der Waals surface area contributed by atoms with Gasteiger partial charge < -0.3 is 4.42 Å². The Bertz CT molecular complexity index is 891. The molecule has 106 valence electrons. The van der Waals surface area contributed by atoms with Crippen molar-refractivity contribution in [2.75, 3.05) is 0 Å². The molecule has 0 aliphatic heterocycles. The summed E-state index contributed by atoms with van der Waals surface area (Å²) >= 11 is 3.46. The van der Waals surface area contributed by atoms with Gasteiger partial charge in [-0.05, 0) is 47.5 Å². The van der Waals surface area contributed by atoms with Gasteiger partial charge in [0.15, 0.2) is 5.58 Å². The maximum atomic E-state index is 5.80. The van der Waals surface area contributed by atoms with Gasteiger partial charge in [-0.2, -0.15) is 0 Å². The number of hydrogen-bond donors (Lipinski definition) is 0. The van der Waals surface area contributed by atoms with E-state index in [1.807, 2.05) is 48.5 Å². The Labute approximate surface area is 136 Å². The highest BCUT2D eigenvalue weighted by atomic mass is 79.9. The zero-order valence-electron chi connectivity index (χ0n) is 11.7. The van der Waals surface area contributed by atoms with Gasteiger partial charge in [0.05, 0.1) is 0 Å². The number of oxazole rings is 1. The first-order valence-corrected chi connectivity index (χ1v) is 7.81. The molecular weight excluding hydrogens is 338 g/mol. The zero-order valence-corrected chi connectivity index (χ0v) is 13.2. The Kier molecular flexibility index (Phi) is 3.28. The predicted octanol–water partition coefficient (Wildman–Crippen LogP) is 5.92. The van der Waals surface area contributed by atoms with Gasteiger partial charge in [0.2, 0.25) is 5.89 Å². The fraction of sp³-hybridized carbons (Fsp3) is 0. The van der Waals surface area contributed by atoms with Crippen LogP contribution in [0, 0.1) is 0 Å². The monoisotopic (exact) mass is 349 g/mol. The zero-order chi connectivity index (χ0) is 14.9. The van der Waals surface area contributed by atoms with Crippen molar-refractivity contribution < 1.29 is 4.42 Å². The normalized spacial score (nSPS) is 11.0. The number of halogens is 1. The Balaban J connectivity index is 1.70. The SMILES string of the molecule is Brc1ccc(-c2ccc(-c3nc4ccccc4o3)cc2)cc1. The Morgan fingerprint density at radius 3 is 1.95 bits per heavy atom. The highest BCUT2D eigenvalue weighted by Gasteiger charge is 2.07. The predicted molar refractivity (Wildman–Crippen MR) is 92.6 cm³/mol. The molecule has 0 fully saturated rings. The van der Waals surface area contributed by atoms with E-state index in [0.29, 0.717) is 5.89 Å². The lowest BCUT2D eigenvalue weighted by molar-refractivity contribution is 0.620. The second-order valence-electron chi connectivity index (χ2n) is 5.07. The molecule has 0 amide bonds. The number of para-hydroxylation sites is 2. The number of benzene rings is 3. The maximum Gasteiger partial charge on any atom is 0.227 e. The summed E-state index contributed by atoms with van der Waals surface area (Å²) in [5, 5.41) is 0. The van der Waals surface area contributed by atoms with Crippen molar-refractivity contribution in [1.82, 2.24) is 4.98 Å². The molecule has 0 aliphatic rings. The molecule has 4 aromatic rings. The first kappa shape index (κ1) is 13.3. The minimum absolute atomic E-state index is 0.656. The van der Waals surface area contributed by atoms with Crippen molar-refractivity contribution in [3.05, 3.63) is 77.3 Å². The third kappa shape index (κ3) is 2.44. The van der Waals surface area contributed by atoms with Crippen molar-refractivity contribution in [2.45, 2.75) is 0 Å². The number of nitrogens with zero attached hydrogens (tertiary/aromatic N) is 1. The molecular formula is C19H12BrNO. The van der Waals surface area contributed by atoms with E-state index in [0.717, 1.165) is 21.1 Å². The average molecular weight is 350 g/mol. The maximum absolute atomic E-state index is 5.80. The van der Waals surface area contributed by atoms with Gasteiger partial charge in [-0.25, -0.2) is 4.98 Å². The minimum Gasteiger partial charge on any atom is -0.436 e. The van der Waals surface area contributed by atoms with Crippen LogP contribution in [0.1, 0.15) is 0 Å². The molecule has 2 nitrogen and oxygen atoms in total. The van der Waals surface area contributed by atoms with Crippen LogP contribution in [0.3, 0.4) is 0 Å². The van der Waals surface area contributed by atoms with Crippen LogP contribution in [0.2, 0.25) is 0 Å². The molecule has 22 heavy (non-hydrogen) atoms. The lowest BCUT2D eigenvalue weighted by Gasteiger charge is -2.03. The van der Waals surface area contributed by atoms with E-state index in [4.69, 9.17) is 4.42 Å². The van der Waals surface area contributed by atoms with Gasteiger partial charge in [-0.3, -0.25) is 0 Å². The van der Waals surface area contributed by atoms with E-state index < -0.39 is 0 Å². The van der Waals surface area contributed by atoms with Crippen LogP contribution in [0.4, 0.5) is 0 Å². The number of rotatable bonds is 2. The summed E-state index contributed by atoms with van der Waals surface area (Å²) in [5.41, 5.74) is 5.04. The van der Waals surface area contributed by atoms with Gasteiger partial charge in [0, 0.05) is 10.0 Å². The quantitative estimate of drug-likeness (QED) is 0.448. The molecule has 0 saturated carbocycles. The summed E-state index contributed by atoms with van der Waals surface area (Å²) in [7, 11) is 0. The molecule has 0 aliphatic carbocycles.